The van der Waals surface area contributed by atoms with Gasteiger partial charge in [-0.1, -0.05) is 267 Å². The van der Waals surface area contributed by atoms with Gasteiger partial charge in [0, 0.05) is 58.6 Å². The van der Waals surface area contributed by atoms with E-state index >= 15 is 0 Å². The second-order valence-electron chi connectivity index (χ2n) is 37.6. The summed E-state index contributed by atoms with van der Waals surface area (Å²) in [5.74, 6) is 1.27. The Morgan fingerprint density at radius 1 is 0.309 bits per heavy atom. The molecule has 0 saturated heterocycles. The molecule has 0 radical (unpaired) electrons. The Hall–Kier alpha value is -6.87. The van der Waals surface area contributed by atoms with Gasteiger partial charge >= 0.3 is 17.9 Å². The second kappa shape index (κ2) is 28.4. The van der Waals surface area contributed by atoms with E-state index in [1.54, 1.807) is 0 Å². The smallest absolute Gasteiger partial charge is 0.311 e. The molecule has 6 rings (SSSR count). The lowest BCUT2D eigenvalue weighted by atomic mass is 9.71. The first kappa shape index (κ1) is 79.1. The van der Waals surface area contributed by atoms with Crippen LogP contribution >= 0.6 is 0 Å². The Kier molecular flexibility index (Phi) is 23.2. The van der Waals surface area contributed by atoms with Crippen LogP contribution in [0.25, 0.3) is 0 Å². The highest BCUT2D eigenvalue weighted by atomic mass is 16.5. The van der Waals surface area contributed by atoms with Crippen molar-refractivity contribution in [2.75, 3.05) is 0 Å². The molecule has 0 aromatic heterocycles. The molecule has 9 heteroatoms. The zero-order chi connectivity index (χ0) is 73.8. The number of benzene rings is 6. The zero-order valence-corrected chi connectivity index (χ0v) is 65.8. The van der Waals surface area contributed by atoms with Crippen LogP contribution in [-0.4, -0.2) is 33.2 Å². The van der Waals surface area contributed by atoms with Crippen LogP contribution in [0.4, 0.5) is 0 Å². The third-order valence-corrected chi connectivity index (χ3v) is 19.2. The molecular formula is C88H124O9. The average molecular weight is 1330 g/mol. The van der Waals surface area contributed by atoms with Gasteiger partial charge in [-0.25, -0.2) is 0 Å². The average Bonchev–Trinajstić information content (AvgIpc) is 0.754. The summed E-state index contributed by atoms with van der Waals surface area (Å²) in [6.07, 6.45) is 2.43. The summed E-state index contributed by atoms with van der Waals surface area (Å²) in [6.45, 7) is 66.0. The number of phenolic OH excluding ortho intramolecular Hbond substituents is 3. The van der Waals surface area contributed by atoms with E-state index < -0.39 is 32.5 Å². The number of rotatable bonds is 17. The van der Waals surface area contributed by atoms with E-state index in [0.717, 1.165) is 100 Å². The second-order valence-corrected chi connectivity index (χ2v) is 37.6. The van der Waals surface area contributed by atoms with Gasteiger partial charge in [0.25, 0.3) is 0 Å². The maximum atomic E-state index is 14.6. The molecule has 0 aliphatic carbocycles. The molecule has 97 heavy (non-hydrogen) atoms. The zero-order valence-electron chi connectivity index (χ0n) is 65.8. The van der Waals surface area contributed by atoms with Crippen LogP contribution in [-0.2, 0) is 82.4 Å². The molecule has 0 heterocycles. The lowest BCUT2D eigenvalue weighted by Gasteiger charge is -2.35. The number of phenols is 3. The minimum atomic E-state index is -0.495. The Morgan fingerprint density at radius 2 is 0.505 bits per heavy atom. The van der Waals surface area contributed by atoms with Gasteiger partial charge in [-0.15, -0.1) is 0 Å². The van der Waals surface area contributed by atoms with Crippen LogP contribution in [0, 0.1) is 20.8 Å². The highest BCUT2D eigenvalue weighted by molar-refractivity contribution is 5.77. The topological polar surface area (TPSA) is 140 Å². The van der Waals surface area contributed by atoms with Crippen molar-refractivity contribution in [2.45, 2.75) is 320 Å². The molecule has 0 aliphatic rings. The molecular weight excluding hydrogens is 1200 g/mol. The molecule has 0 spiro atoms. The van der Waals surface area contributed by atoms with Gasteiger partial charge in [-0.05, 0) is 168 Å². The molecule has 9 nitrogen and oxygen atoms in total. The summed E-state index contributed by atoms with van der Waals surface area (Å²) < 4.78 is 20.2. The number of ether oxygens (including phenoxy) is 3. The quantitative estimate of drug-likeness (QED) is 0.0601. The number of aryl methyl sites for hydroxylation is 6. The fraction of sp³-hybridized carbons (Fsp3) is 0.557. The van der Waals surface area contributed by atoms with Gasteiger partial charge < -0.3 is 29.5 Å². The van der Waals surface area contributed by atoms with Gasteiger partial charge in [0.15, 0.2) is 0 Å². The maximum absolute atomic E-state index is 14.6. The van der Waals surface area contributed by atoms with Crippen LogP contribution < -0.4 is 14.2 Å². The van der Waals surface area contributed by atoms with E-state index in [0.29, 0.717) is 48.7 Å². The van der Waals surface area contributed by atoms with Crippen LogP contribution in [0.2, 0.25) is 0 Å². The van der Waals surface area contributed by atoms with E-state index in [4.69, 9.17) is 14.2 Å². The lowest BCUT2D eigenvalue weighted by Crippen LogP contribution is -2.25. The molecule has 0 aliphatic heterocycles. The first-order valence-corrected chi connectivity index (χ1v) is 35.6. The number of hydrogen-bond donors (Lipinski definition) is 3. The van der Waals surface area contributed by atoms with Gasteiger partial charge in [0.05, 0.1) is 0 Å². The molecule has 6 aromatic rings. The summed E-state index contributed by atoms with van der Waals surface area (Å²) in [5.41, 5.74) is 12.8. The van der Waals surface area contributed by atoms with Gasteiger partial charge in [0.1, 0.15) is 34.5 Å². The summed E-state index contributed by atoms with van der Waals surface area (Å²) in [5, 5.41) is 33.2. The van der Waals surface area contributed by atoms with Crippen LogP contribution in [0.15, 0.2) is 72.8 Å². The minimum absolute atomic E-state index is 0.0845. The van der Waals surface area contributed by atoms with Crippen molar-refractivity contribution < 1.29 is 43.9 Å². The largest absolute Gasteiger partial charge is 0.507 e. The van der Waals surface area contributed by atoms with Crippen molar-refractivity contribution in [3.63, 3.8) is 0 Å². The number of hydrogen-bond acceptors (Lipinski definition) is 9. The van der Waals surface area contributed by atoms with E-state index in [9.17, 15) is 29.7 Å². The van der Waals surface area contributed by atoms with Crippen LogP contribution in [0.5, 0.6) is 34.5 Å². The monoisotopic (exact) mass is 1320 g/mol. The van der Waals surface area contributed by atoms with E-state index in [2.05, 4.69) is 230 Å². The fourth-order valence-corrected chi connectivity index (χ4v) is 13.2. The van der Waals surface area contributed by atoms with Crippen molar-refractivity contribution in [3.05, 3.63) is 173 Å². The van der Waals surface area contributed by atoms with E-state index in [1.807, 2.05) is 57.2 Å². The standard InChI is InChI=1S/C88H124O9/c1-51(58-45-65(83(14,15)16)77(66(46-58)84(17,18)19)95-71(89)35-32-55-38-52(2)74(92)62(42-55)80(5,6)7)41-61(59-47-67(85(20,21)22)78(68(48-59)86(23,24)25)96-72(90)36-33-56-39-53(3)75(93)63(43-56)81(8,9)10)60-49-69(87(26,27)28)79(70(50-60)88(29,30)31)97-73(91)37-34-57-40-54(4)76(94)64(44-57)82(11,12)13/h38-40,42-51,61,92-94H,32-37,41H2,1-31H3. The first-order valence-electron chi connectivity index (χ1n) is 35.6. The van der Waals surface area contributed by atoms with Crippen molar-refractivity contribution in [1.82, 2.24) is 0 Å². The summed E-state index contributed by atoms with van der Waals surface area (Å²) in [7, 11) is 0. The Labute approximate surface area is 586 Å². The lowest BCUT2D eigenvalue weighted by molar-refractivity contribution is -0.135. The summed E-state index contributed by atoms with van der Waals surface area (Å²) in [4.78, 5) is 43.5. The normalized spacial score (nSPS) is 13.5. The predicted octanol–water partition coefficient (Wildman–Crippen LogP) is 22.3. The highest BCUT2D eigenvalue weighted by Gasteiger charge is 2.37. The number of carbonyl (C=O) groups excluding carboxylic acids is 3. The summed E-state index contributed by atoms with van der Waals surface area (Å²) in [6, 6.07) is 25.6. The van der Waals surface area contributed by atoms with E-state index in [1.165, 1.54) is 0 Å². The Morgan fingerprint density at radius 3 is 0.701 bits per heavy atom. The van der Waals surface area contributed by atoms with Gasteiger partial charge in [0.2, 0.25) is 0 Å². The van der Waals surface area contributed by atoms with Gasteiger partial charge in [-0.2, -0.15) is 0 Å². The van der Waals surface area contributed by atoms with Crippen molar-refractivity contribution in [3.8, 4) is 34.5 Å². The van der Waals surface area contributed by atoms with Crippen LogP contribution in [0.1, 0.15) is 332 Å². The molecule has 0 saturated carbocycles. The molecule has 530 valence electrons. The molecule has 0 amide bonds. The maximum Gasteiger partial charge on any atom is 0.311 e. The van der Waals surface area contributed by atoms with Crippen LogP contribution in [0.3, 0.4) is 0 Å². The van der Waals surface area contributed by atoms with E-state index in [-0.39, 0.29) is 76.8 Å². The van der Waals surface area contributed by atoms with Crippen molar-refractivity contribution >= 4 is 17.9 Å². The third kappa shape index (κ3) is 19.5. The molecule has 6 aromatic carbocycles. The number of esters is 3. The molecule has 3 N–H and O–H groups in total. The first-order chi connectivity index (χ1) is 43.9. The van der Waals surface area contributed by atoms with Gasteiger partial charge in [-0.3, -0.25) is 14.4 Å². The summed E-state index contributed by atoms with van der Waals surface area (Å²) >= 11 is 0. The minimum Gasteiger partial charge on any atom is -0.507 e. The SMILES string of the molecule is Cc1cc(CCC(=O)Oc2c(C(C)(C)C)cc(C(C)CC(c3cc(C(C)(C)C)c(OC(=O)CCc4cc(C)c(O)c(C(C)(C)C)c4)c(C(C)(C)C)c3)c3cc(C(C)(C)C)c(OC(=O)CCc4cc(C)c(O)c(C(C)(C)C)c4)c(C(C)(C)C)c3)cc2C(C)(C)C)cc(C(C)(C)C)c1O. The predicted molar refractivity (Wildman–Crippen MR) is 403 cm³/mol. The Bertz CT molecular complexity index is 3620. The molecule has 0 bridgehead atoms. The number of carbonyl (C=O) groups is 3. The number of aromatic hydroxyl groups is 3. The third-order valence-electron chi connectivity index (χ3n) is 19.2. The van der Waals surface area contributed by atoms with Crippen molar-refractivity contribution in [1.29, 1.82) is 0 Å². The van der Waals surface area contributed by atoms with Crippen molar-refractivity contribution in [2.24, 2.45) is 0 Å². The molecule has 1 unspecified atom stereocenters. The highest BCUT2D eigenvalue weighted by Crippen LogP contribution is 2.51. The Balaban J connectivity index is 1.57. The molecule has 1 atom stereocenters. The molecule has 0 fully saturated rings. The fourth-order valence-electron chi connectivity index (χ4n) is 13.2.